The molecule has 0 unspecified atom stereocenters. The minimum atomic E-state index is -1.27. The Labute approximate surface area is 521 Å². The number of piperidine rings is 1. The van der Waals surface area contributed by atoms with E-state index in [0.717, 1.165) is 43.6 Å². The van der Waals surface area contributed by atoms with Gasteiger partial charge in [0.1, 0.15) is 29.4 Å². The molecular weight excluding hydrogens is 1150 g/mol. The van der Waals surface area contributed by atoms with E-state index in [0.29, 0.717) is 48.2 Å². The number of urea groups is 1. The van der Waals surface area contributed by atoms with Gasteiger partial charge in [-0.15, -0.1) is 11.3 Å². The number of primary amides is 1. The lowest BCUT2D eigenvalue weighted by Crippen LogP contribution is -2.58. The summed E-state index contributed by atoms with van der Waals surface area (Å²) in [6.07, 6.45) is 3.78. The third-order valence-electron chi connectivity index (χ3n) is 15.6. The summed E-state index contributed by atoms with van der Waals surface area (Å²) in [5.74, 6) is -4.00. The van der Waals surface area contributed by atoms with Gasteiger partial charge in [-0.25, -0.2) is 24.4 Å². The Bertz CT molecular complexity index is 2760. The van der Waals surface area contributed by atoms with Gasteiger partial charge >= 0.3 is 24.2 Å². The number of aliphatic carboxylic acids is 1. The van der Waals surface area contributed by atoms with E-state index in [1.165, 1.54) is 17.5 Å². The maximum atomic E-state index is 15.0. The van der Waals surface area contributed by atoms with Crippen LogP contribution in [0.2, 0.25) is 0 Å². The van der Waals surface area contributed by atoms with Crippen molar-refractivity contribution in [3.05, 3.63) is 75.7 Å². The van der Waals surface area contributed by atoms with Crippen molar-refractivity contribution >= 4 is 76.4 Å². The molecule has 1 fully saturated rings. The fourth-order valence-electron chi connectivity index (χ4n) is 9.82. The van der Waals surface area contributed by atoms with E-state index < -0.39 is 89.5 Å². The molecule has 8 atom stereocenters. The molecule has 2 aromatic carbocycles. The first-order valence-electron chi connectivity index (χ1n) is 30.5. The Morgan fingerprint density at radius 2 is 1.50 bits per heavy atom. The van der Waals surface area contributed by atoms with Crippen LogP contribution in [-0.2, 0) is 51.3 Å². The van der Waals surface area contributed by atoms with Crippen LogP contribution in [0.25, 0.3) is 0 Å². The Morgan fingerprint density at radius 3 is 2.09 bits per heavy atom. The van der Waals surface area contributed by atoms with Gasteiger partial charge in [0, 0.05) is 42.8 Å². The Kier molecular flexibility index (Phi) is 30.0. The molecule has 25 nitrogen and oxygen atoms in total. The monoisotopic (exact) mass is 1250 g/mol. The van der Waals surface area contributed by atoms with E-state index in [1.54, 1.807) is 76.2 Å². The second kappa shape index (κ2) is 36.2. The number of carbonyl (C=O) groups excluding carboxylic acids is 8. The number of carbonyl (C=O) groups is 9. The van der Waals surface area contributed by atoms with Gasteiger partial charge in [0.2, 0.25) is 17.7 Å². The molecule has 2 heterocycles. The molecule has 0 spiro atoms. The van der Waals surface area contributed by atoms with Crippen molar-refractivity contribution in [3.8, 4) is 0 Å². The summed E-state index contributed by atoms with van der Waals surface area (Å²) in [6, 6.07) is 8.05. The molecule has 1 aliphatic rings. The topological polar surface area (TPSA) is 357 Å². The second-order valence-corrected chi connectivity index (χ2v) is 24.8. The van der Waals surface area contributed by atoms with Gasteiger partial charge in [-0.3, -0.25) is 43.8 Å². The molecule has 1 saturated heterocycles. The maximum Gasteiger partial charge on any atom is 0.411 e. The number of carboxylic acid groups (broad SMARTS) is 1. The number of rotatable bonds is 35. The van der Waals surface area contributed by atoms with Gasteiger partial charge in [-0.2, -0.15) is 0 Å². The van der Waals surface area contributed by atoms with Crippen molar-refractivity contribution in [3.63, 3.8) is 0 Å². The van der Waals surface area contributed by atoms with Crippen molar-refractivity contribution in [1.82, 2.24) is 41.5 Å². The third-order valence-corrected chi connectivity index (χ3v) is 16.6. The van der Waals surface area contributed by atoms with Crippen molar-refractivity contribution in [1.29, 1.82) is 0 Å². The van der Waals surface area contributed by atoms with E-state index >= 15 is 0 Å². The molecule has 1 aromatic heterocycles. The second-order valence-electron chi connectivity index (χ2n) is 23.9. The lowest BCUT2D eigenvalue weighted by Gasteiger charge is -2.39. The van der Waals surface area contributed by atoms with Crippen LogP contribution in [-0.4, -0.2) is 144 Å². The number of likely N-dealkylation sites (N-methyl/N-ethyl adjacent to an activating group) is 1. The van der Waals surface area contributed by atoms with E-state index in [4.69, 9.17) is 25.8 Å². The molecule has 488 valence electrons. The van der Waals surface area contributed by atoms with E-state index in [1.807, 2.05) is 39.6 Å². The Hall–Kier alpha value is -7.42. The maximum absolute atomic E-state index is 15.0. The average molecular weight is 1250 g/mol. The molecule has 0 saturated carbocycles. The number of thiazole rings is 1. The number of nitrogens with one attached hydrogen (secondary N) is 7. The quantitative estimate of drug-likeness (QED) is 0.0203. The number of hydrogen-bond acceptors (Lipinski definition) is 16. The number of carboxylic acids is 1. The number of nitrogens with two attached hydrogens (primary N) is 2. The van der Waals surface area contributed by atoms with Gasteiger partial charge in [-0.05, 0) is 126 Å². The largest absolute Gasteiger partial charge is 0.481 e. The highest BCUT2D eigenvalue weighted by molar-refractivity contribution is 7.09. The van der Waals surface area contributed by atoms with Gasteiger partial charge < -0.3 is 57.9 Å². The third kappa shape index (κ3) is 23.6. The number of alkyl carbamates (subject to hydrolysis) is 1. The van der Waals surface area contributed by atoms with E-state index in [-0.39, 0.29) is 85.8 Å². The van der Waals surface area contributed by atoms with E-state index in [9.17, 15) is 48.3 Å². The number of unbranched alkanes of at least 4 members (excludes halogenated alkanes) is 2. The number of likely N-dealkylation sites (tertiary alicyclic amines) is 1. The van der Waals surface area contributed by atoms with Crippen LogP contribution < -0.4 is 48.7 Å². The van der Waals surface area contributed by atoms with Gasteiger partial charge in [0.15, 0.2) is 6.10 Å². The lowest BCUT2D eigenvalue weighted by atomic mass is 9.84. The number of aromatic nitrogens is 1. The fraction of sp³-hybridized carbons (Fsp3) is 0.613. The predicted molar refractivity (Wildman–Crippen MR) is 335 cm³/mol. The number of anilines is 2. The highest BCUT2D eigenvalue weighted by Crippen LogP contribution is 2.33. The summed E-state index contributed by atoms with van der Waals surface area (Å²) < 4.78 is 11.4. The first-order valence-corrected chi connectivity index (χ1v) is 31.4. The first-order chi connectivity index (χ1) is 41.7. The standard InChI is InChI=1S/C62H96N12O13S/c1-12-14-17-31-86-74(57(79)51(39(7)13-2)72-54(77)47-20-15-16-30-73(47)11)48(37(3)4)33-49(87-60(83)65-10)56-71-46(36-88-56)53(76)68-44(34-62(8,9)58(80)81)32-40-21-25-43(26-22-40)69-61(84)85-35-41-23-27-42(28-24-41)67-52(75)45(19-18-29-66-59(64)82)70-55(78)50(63)38(5)6/h21-28,36-39,44-45,47-51H,12-20,29-35,63H2,1-11H3,(H,65,83)(H,67,75)(H,68,76)(H,69,84)(H,70,78)(H,72,77)(H,80,81)(H3,64,66,82)/t39-,44-,45-,47+,48+,49+,50-,51-/m0/s1. The van der Waals surface area contributed by atoms with Gasteiger partial charge in [-0.1, -0.05) is 98.4 Å². The average Bonchev–Trinajstić information content (AvgIpc) is 3.57. The smallest absolute Gasteiger partial charge is 0.411 e. The zero-order chi connectivity index (χ0) is 65.3. The van der Waals surface area contributed by atoms with Crippen LogP contribution in [0.5, 0.6) is 0 Å². The zero-order valence-electron chi connectivity index (χ0n) is 53.0. The molecule has 1 aliphatic heterocycles. The lowest BCUT2D eigenvalue weighted by molar-refractivity contribution is -0.212. The Morgan fingerprint density at radius 1 is 0.841 bits per heavy atom. The van der Waals surface area contributed by atoms with Crippen LogP contribution in [0.3, 0.4) is 0 Å². The summed E-state index contributed by atoms with van der Waals surface area (Å²) in [4.78, 5) is 132. The molecule has 26 heteroatoms. The molecular formula is C62H96N12O13S. The summed E-state index contributed by atoms with van der Waals surface area (Å²) in [7, 11) is 3.33. The zero-order valence-corrected chi connectivity index (χ0v) is 53.9. The van der Waals surface area contributed by atoms with E-state index in [2.05, 4.69) is 49.1 Å². The van der Waals surface area contributed by atoms with Crippen LogP contribution in [0.1, 0.15) is 166 Å². The van der Waals surface area contributed by atoms with Crippen molar-refractivity contribution in [2.45, 2.75) is 188 Å². The summed E-state index contributed by atoms with van der Waals surface area (Å²) >= 11 is 1.08. The molecule has 0 aliphatic carbocycles. The highest BCUT2D eigenvalue weighted by atomic mass is 32.1. The van der Waals surface area contributed by atoms with Crippen molar-refractivity contribution < 1.29 is 62.6 Å². The molecule has 12 N–H and O–H groups in total. The SMILES string of the molecule is CCCCCON(C(=O)[C@@H](NC(=O)[C@H]1CCCCN1C)[C@@H](C)CC)[C@H](C[C@@H](OC(=O)NC)c1nc(C(=O)N[C@@H](Cc2ccc(NC(=O)OCc3ccc(NC(=O)[C@H](CCCNC(N)=O)NC(=O)[C@@H](N)C(C)C)cc3)cc2)CC(C)(C)C(=O)O)cs1)C(C)C. The molecule has 0 radical (unpaired) electrons. The number of hydroxylamine groups is 2. The Balaban J connectivity index is 1.47. The predicted octanol–water partition coefficient (Wildman–Crippen LogP) is 7.37. The summed E-state index contributed by atoms with van der Waals surface area (Å²) in [6.45, 7) is 17.6. The van der Waals surface area contributed by atoms with Crippen LogP contribution in [0.15, 0.2) is 53.9 Å². The number of benzene rings is 2. The highest BCUT2D eigenvalue weighted by Gasteiger charge is 2.40. The number of amides is 9. The first kappa shape index (κ1) is 73.1. The molecule has 0 bridgehead atoms. The fourth-order valence-corrected chi connectivity index (χ4v) is 10.7. The van der Waals surface area contributed by atoms with Crippen LogP contribution in [0, 0.1) is 23.2 Å². The number of ether oxygens (including phenoxy) is 2. The van der Waals surface area contributed by atoms with Crippen LogP contribution in [0.4, 0.5) is 25.8 Å². The normalized spacial score (nSPS) is 15.9. The summed E-state index contributed by atoms with van der Waals surface area (Å²) in [5.41, 5.74) is 12.0. The minimum absolute atomic E-state index is 0.00981. The molecule has 9 amide bonds. The number of nitrogens with zero attached hydrogens (tertiary/aromatic N) is 3. The van der Waals surface area contributed by atoms with Gasteiger partial charge in [0.25, 0.3) is 11.8 Å². The molecule has 4 rings (SSSR count). The van der Waals surface area contributed by atoms with Crippen LogP contribution >= 0.6 is 11.3 Å². The van der Waals surface area contributed by atoms with Crippen molar-refractivity contribution in [2.24, 2.45) is 34.6 Å². The molecule has 88 heavy (non-hydrogen) atoms. The number of hydrogen-bond donors (Lipinski definition) is 10. The van der Waals surface area contributed by atoms with Crippen molar-refractivity contribution in [2.75, 3.05) is 44.4 Å². The minimum Gasteiger partial charge on any atom is -0.481 e. The van der Waals surface area contributed by atoms with Gasteiger partial charge in [0.05, 0.1) is 30.1 Å². The molecule has 3 aromatic rings. The summed E-state index contributed by atoms with van der Waals surface area (Å²) in [5, 5.41) is 32.5.